The maximum Gasteiger partial charge on any atom is 0.340 e. The van der Waals surface area contributed by atoms with Gasteiger partial charge in [-0.15, -0.1) is 4.40 Å². The van der Waals surface area contributed by atoms with Crippen LogP contribution in [0.25, 0.3) is 0 Å². The number of rotatable bonds is 6. The standard InChI is InChI=1S/C22H19N3O6S/c26-21(23-17-7-9-19(10-8-17)31-18-4-2-1-3-5-18)15-30-22(27)16-6-11-20-24-32(28,29)13-12-25(20)14-16/h1-11,14H,12-13,15H2,(H,23,26). The van der Waals surface area contributed by atoms with Crippen LogP contribution in [0, 0.1) is 0 Å². The lowest BCUT2D eigenvalue weighted by atomic mass is 10.2. The molecule has 2 heterocycles. The predicted molar refractivity (Wildman–Crippen MR) is 118 cm³/mol. The molecule has 32 heavy (non-hydrogen) atoms. The number of fused-ring (bicyclic) bond motifs is 1. The summed E-state index contributed by atoms with van der Waals surface area (Å²) in [6, 6.07) is 16.1. The van der Waals surface area contributed by atoms with Crippen molar-refractivity contribution >= 4 is 33.4 Å². The molecule has 0 aliphatic carbocycles. The molecule has 9 nitrogen and oxygen atoms in total. The molecule has 164 valence electrons. The van der Waals surface area contributed by atoms with Crippen molar-refractivity contribution in [1.82, 2.24) is 4.90 Å². The number of esters is 1. The SMILES string of the molecule is O=C(COC(=O)C1=CN2CCS(=O)(=O)N=C2C=C1)Nc1ccc(Oc2ccccc2)cc1. The van der Waals surface area contributed by atoms with Gasteiger partial charge in [-0.2, -0.15) is 0 Å². The molecule has 0 unspecified atom stereocenters. The minimum atomic E-state index is -3.47. The van der Waals surface area contributed by atoms with Gasteiger partial charge in [0.25, 0.3) is 15.9 Å². The Morgan fingerprint density at radius 3 is 2.47 bits per heavy atom. The summed E-state index contributed by atoms with van der Waals surface area (Å²) in [5, 5.41) is 2.64. The number of hydrogen-bond donors (Lipinski definition) is 1. The van der Waals surface area contributed by atoms with Crippen molar-refractivity contribution in [3.63, 3.8) is 0 Å². The van der Waals surface area contributed by atoms with E-state index >= 15 is 0 Å². The van der Waals surface area contributed by atoms with E-state index in [1.807, 2.05) is 30.3 Å². The number of carbonyl (C=O) groups excluding carboxylic acids is 2. The molecule has 0 radical (unpaired) electrons. The van der Waals surface area contributed by atoms with Crippen molar-refractivity contribution in [3.8, 4) is 11.5 Å². The van der Waals surface area contributed by atoms with Gasteiger partial charge in [-0.1, -0.05) is 18.2 Å². The summed E-state index contributed by atoms with van der Waals surface area (Å²) in [5.41, 5.74) is 0.720. The molecule has 1 amide bonds. The number of nitrogens with one attached hydrogen (secondary N) is 1. The lowest BCUT2D eigenvalue weighted by molar-refractivity contribution is -0.143. The molecule has 2 aromatic carbocycles. The smallest absolute Gasteiger partial charge is 0.340 e. The number of hydrogen-bond acceptors (Lipinski definition) is 7. The van der Waals surface area contributed by atoms with Crippen molar-refractivity contribution in [1.29, 1.82) is 0 Å². The van der Waals surface area contributed by atoms with Crippen LogP contribution in [0.3, 0.4) is 0 Å². The van der Waals surface area contributed by atoms with E-state index in [1.165, 1.54) is 18.4 Å². The Morgan fingerprint density at radius 2 is 1.72 bits per heavy atom. The van der Waals surface area contributed by atoms with Gasteiger partial charge in [0, 0.05) is 18.4 Å². The quantitative estimate of drug-likeness (QED) is 0.668. The Morgan fingerprint density at radius 1 is 1.00 bits per heavy atom. The molecule has 1 N–H and O–H groups in total. The van der Waals surface area contributed by atoms with Crippen molar-refractivity contribution in [3.05, 3.63) is 78.5 Å². The first-order chi connectivity index (χ1) is 15.4. The highest BCUT2D eigenvalue weighted by atomic mass is 32.2. The second-order valence-electron chi connectivity index (χ2n) is 6.91. The third-order valence-corrected chi connectivity index (χ3v) is 5.67. The van der Waals surface area contributed by atoms with E-state index in [-0.39, 0.29) is 23.7 Å². The van der Waals surface area contributed by atoms with Gasteiger partial charge in [0.2, 0.25) is 0 Å². The molecule has 0 aromatic heterocycles. The Labute approximate surface area is 184 Å². The van der Waals surface area contributed by atoms with Crippen molar-refractivity contribution in [2.24, 2.45) is 4.40 Å². The van der Waals surface area contributed by atoms with Gasteiger partial charge >= 0.3 is 5.97 Å². The van der Waals surface area contributed by atoms with E-state index in [0.717, 1.165) is 0 Å². The molecule has 2 aliphatic heterocycles. The summed E-state index contributed by atoms with van der Waals surface area (Å²) >= 11 is 0. The number of amidine groups is 1. The van der Waals surface area contributed by atoms with Gasteiger partial charge in [0.05, 0.1) is 11.3 Å². The highest BCUT2D eigenvalue weighted by Crippen LogP contribution is 2.22. The molecule has 0 spiro atoms. The van der Waals surface area contributed by atoms with Crippen molar-refractivity contribution in [2.75, 3.05) is 24.2 Å². The Kier molecular flexibility index (Phi) is 6.04. The lowest BCUT2D eigenvalue weighted by Gasteiger charge is -2.26. The Balaban J connectivity index is 1.27. The lowest BCUT2D eigenvalue weighted by Crippen LogP contribution is -2.37. The Hall–Kier alpha value is -3.92. The summed E-state index contributed by atoms with van der Waals surface area (Å²) in [4.78, 5) is 25.9. The first-order valence-electron chi connectivity index (χ1n) is 9.67. The van der Waals surface area contributed by atoms with Crippen molar-refractivity contribution in [2.45, 2.75) is 0 Å². The number of benzene rings is 2. The molecular formula is C22H19N3O6S. The highest BCUT2D eigenvalue weighted by Gasteiger charge is 2.25. The van der Waals surface area contributed by atoms with Gasteiger partial charge in [-0.25, -0.2) is 13.2 Å². The minimum Gasteiger partial charge on any atom is -0.457 e. The topological polar surface area (TPSA) is 114 Å². The van der Waals surface area contributed by atoms with Gasteiger partial charge in [-0.3, -0.25) is 4.79 Å². The third kappa shape index (κ3) is 5.41. The van der Waals surface area contributed by atoms with Crippen LogP contribution in [-0.4, -0.2) is 49.9 Å². The maximum atomic E-state index is 12.3. The summed E-state index contributed by atoms with van der Waals surface area (Å²) in [5.74, 6) is 0.222. The molecule has 0 fully saturated rings. The van der Waals surface area contributed by atoms with Crippen LogP contribution in [0.15, 0.2) is 82.9 Å². The van der Waals surface area contributed by atoms with Crippen LogP contribution < -0.4 is 10.1 Å². The molecule has 0 atom stereocenters. The summed E-state index contributed by atoms with van der Waals surface area (Å²) in [6.07, 6.45) is 4.29. The average Bonchev–Trinajstić information content (AvgIpc) is 2.78. The predicted octanol–water partition coefficient (Wildman–Crippen LogP) is 2.46. The van der Waals surface area contributed by atoms with Gasteiger partial charge in [0.1, 0.15) is 17.3 Å². The van der Waals surface area contributed by atoms with Crippen LogP contribution >= 0.6 is 0 Å². The number of ether oxygens (including phenoxy) is 2. The van der Waals surface area contributed by atoms with E-state index in [0.29, 0.717) is 17.2 Å². The zero-order valence-corrected chi connectivity index (χ0v) is 17.6. The molecule has 0 saturated heterocycles. The highest BCUT2D eigenvalue weighted by molar-refractivity contribution is 7.90. The Bertz CT molecular complexity index is 1220. The van der Waals surface area contributed by atoms with Crippen molar-refractivity contribution < 1.29 is 27.5 Å². The number of anilines is 1. The normalized spacial score (nSPS) is 16.3. The summed E-state index contributed by atoms with van der Waals surface area (Å²) < 4.78 is 37.5. The van der Waals surface area contributed by atoms with E-state index in [4.69, 9.17) is 9.47 Å². The molecule has 2 aliphatic rings. The fraction of sp³-hybridized carbons (Fsp3) is 0.136. The number of carbonyl (C=O) groups is 2. The van der Waals surface area contributed by atoms with Crippen LogP contribution in [0.4, 0.5) is 5.69 Å². The molecule has 0 bridgehead atoms. The van der Waals surface area contributed by atoms with E-state index in [2.05, 4.69) is 9.71 Å². The number of amides is 1. The van der Waals surface area contributed by atoms with E-state index in [1.54, 1.807) is 29.2 Å². The molecular weight excluding hydrogens is 434 g/mol. The minimum absolute atomic E-state index is 0.138. The fourth-order valence-corrected chi connectivity index (χ4v) is 3.93. The summed E-state index contributed by atoms with van der Waals surface area (Å²) in [7, 11) is -3.47. The van der Waals surface area contributed by atoms with Crippen LogP contribution in [0.5, 0.6) is 11.5 Å². The largest absolute Gasteiger partial charge is 0.457 e. The first kappa shape index (κ1) is 21.3. The molecule has 4 rings (SSSR count). The number of para-hydroxylation sites is 1. The molecule has 0 saturated carbocycles. The van der Waals surface area contributed by atoms with Crippen LogP contribution in [-0.2, 0) is 24.3 Å². The fourth-order valence-electron chi connectivity index (χ4n) is 2.96. The molecule has 2 aromatic rings. The number of nitrogens with zero attached hydrogens (tertiary/aromatic N) is 2. The van der Waals surface area contributed by atoms with E-state index < -0.39 is 28.5 Å². The number of sulfonamides is 1. The molecule has 10 heteroatoms. The van der Waals surface area contributed by atoms with Crippen LogP contribution in [0.2, 0.25) is 0 Å². The first-order valence-corrected chi connectivity index (χ1v) is 11.3. The second-order valence-corrected chi connectivity index (χ2v) is 8.67. The van der Waals surface area contributed by atoms with E-state index in [9.17, 15) is 18.0 Å². The van der Waals surface area contributed by atoms with Crippen LogP contribution in [0.1, 0.15) is 0 Å². The monoisotopic (exact) mass is 453 g/mol. The van der Waals surface area contributed by atoms with Gasteiger partial charge in [-0.05, 0) is 48.6 Å². The maximum absolute atomic E-state index is 12.3. The third-order valence-electron chi connectivity index (χ3n) is 4.51. The zero-order valence-electron chi connectivity index (χ0n) is 16.8. The second kappa shape index (κ2) is 9.06. The zero-order chi connectivity index (χ0) is 22.6. The average molecular weight is 453 g/mol. The van der Waals surface area contributed by atoms with Gasteiger partial charge in [0.15, 0.2) is 6.61 Å². The summed E-state index contributed by atoms with van der Waals surface area (Å²) in [6.45, 7) is -0.283. The van der Waals surface area contributed by atoms with Gasteiger partial charge < -0.3 is 19.7 Å².